The van der Waals surface area contributed by atoms with Crippen molar-refractivity contribution in [2.45, 2.75) is 66.8 Å². The van der Waals surface area contributed by atoms with Gasteiger partial charge in [-0.2, -0.15) is 0 Å². The van der Waals surface area contributed by atoms with Crippen molar-refractivity contribution < 1.29 is 14.3 Å². The number of amides is 1. The Labute approximate surface area is 111 Å². The molecular formula is C14H29NO3. The lowest BCUT2D eigenvalue weighted by atomic mass is 9.96. The van der Waals surface area contributed by atoms with Gasteiger partial charge in [0.25, 0.3) is 0 Å². The number of carbonyl (C=O) groups excluding carboxylic acids is 1. The minimum Gasteiger partial charge on any atom is -0.376 e. The average Bonchev–Trinajstić information content (AvgIpc) is 2.19. The molecule has 0 aromatic heterocycles. The van der Waals surface area contributed by atoms with Gasteiger partial charge in [-0.15, -0.1) is 0 Å². The van der Waals surface area contributed by atoms with Crippen molar-refractivity contribution in [3.8, 4) is 0 Å². The molecule has 0 aliphatic rings. The highest BCUT2D eigenvalue weighted by molar-refractivity contribution is 5.81. The maximum atomic E-state index is 11.8. The maximum absolute atomic E-state index is 11.8. The second kappa shape index (κ2) is 7.74. The number of hydrogen-bond acceptors (Lipinski definition) is 3. The molecule has 0 rings (SSSR count). The number of rotatable bonds is 7. The predicted molar refractivity (Wildman–Crippen MR) is 73.6 cm³/mol. The van der Waals surface area contributed by atoms with Gasteiger partial charge >= 0.3 is 0 Å². The number of hydrogen-bond donors (Lipinski definition) is 1. The van der Waals surface area contributed by atoms with Crippen molar-refractivity contribution in [2.24, 2.45) is 5.41 Å². The van der Waals surface area contributed by atoms with Crippen molar-refractivity contribution in [1.82, 2.24) is 5.32 Å². The summed E-state index contributed by atoms with van der Waals surface area (Å²) in [5, 5.41) is 2.91. The Morgan fingerprint density at radius 1 is 1.11 bits per heavy atom. The second-order valence-corrected chi connectivity index (χ2v) is 6.15. The minimum absolute atomic E-state index is 0.0319. The van der Waals surface area contributed by atoms with Gasteiger partial charge in [-0.1, -0.05) is 20.8 Å². The third kappa shape index (κ3) is 8.48. The van der Waals surface area contributed by atoms with Gasteiger partial charge in [-0.25, -0.2) is 0 Å². The zero-order valence-electron chi connectivity index (χ0n) is 12.9. The molecule has 0 radical (unpaired) electrons. The van der Waals surface area contributed by atoms with Gasteiger partial charge in [0.05, 0.1) is 24.9 Å². The van der Waals surface area contributed by atoms with Gasteiger partial charge in [-0.05, 0) is 27.7 Å². The lowest BCUT2D eigenvalue weighted by Crippen LogP contribution is -2.42. The van der Waals surface area contributed by atoms with Crippen LogP contribution in [0.4, 0.5) is 0 Å². The molecule has 1 amide bonds. The molecule has 0 aliphatic carbocycles. The zero-order chi connectivity index (χ0) is 14.3. The molecule has 1 atom stereocenters. The standard InChI is InChI=1S/C14H29NO3/c1-10(2)17-9-12(18-11(3)4)8-15-13(16)14(5,6)7/h10-12H,8-9H2,1-7H3,(H,15,16). The fourth-order valence-corrected chi connectivity index (χ4v) is 1.30. The molecule has 0 aromatic carbocycles. The van der Waals surface area contributed by atoms with Crippen LogP contribution in [-0.4, -0.2) is 37.4 Å². The van der Waals surface area contributed by atoms with Crippen LogP contribution >= 0.6 is 0 Å². The molecule has 0 bridgehead atoms. The first kappa shape index (κ1) is 17.4. The van der Waals surface area contributed by atoms with E-state index in [1.165, 1.54) is 0 Å². The lowest BCUT2D eigenvalue weighted by Gasteiger charge is -2.24. The summed E-state index contributed by atoms with van der Waals surface area (Å²) in [6.07, 6.45) is 0.192. The van der Waals surface area contributed by atoms with Gasteiger partial charge in [0, 0.05) is 12.0 Å². The highest BCUT2D eigenvalue weighted by Crippen LogP contribution is 2.12. The fourth-order valence-electron chi connectivity index (χ4n) is 1.30. The normalized spacial score (nSPS) is 14.1. The van der Waals surface area contributed by atoms with Crippen LogP contribution in [0.5, 0.6) is 0 Å². The van der Waals surface area contributed by atoms with E-state index in [0.29, 0.717) is 13.2 Å². The number of carbonyl (C=O) groups is 1. The van der Waals surface area contributed by atoms with Crippen LogP contribution in [0.2, 0.25) is 0 Å². The summed E-state index contributed by atoms with van der Waals surface area (Å²) in [4.78, 5) is 11.8. The van der Waals surface area contributed by atoms with E-state index < -0.39 is 0 Å². The van der Waals surface area contributed by atoms with E-state index in [1.807, 2.05) is 48.5 Å². The first-order valence-corrected chi connectivity index (χ1v) is 6.68. The summed E-state index contributed by atoms with van der Waals surface area (Å²) in [6.45, 7) is 14.6. The highest BCUT2D eigenvalue weighted by atomic mass is 16.5. The summed E-state index contributed by atoms with van der Waals surface area (Å²) in [7, 11) is 0. The van der Waals surface area contributed by atoms with Gasteiger partial charge in [0.1, 0.15) is 0 Å². The molecule has 108 valence electrons. The van der Waals surface area contributed by atoms with Gasteiger partial charge in [0.15, 0.2) is 0 Å². The lowest BCUT2D eigenvalue weighted by molar-refractivity contribution is -0.130. The smallest absolute Gasteiger partial charge is 0.225 e. The van der Waals surface area contributed by atoms with E-state index in [1.54, 1.807) is 0 Å². The SMILES string of the molecule is CC(C)OCC(CNC(=O)C(C)(C)C)OC(C)C. The number of ether oxygens (including phenoxy) is 2. The molecule has 0 saturated heterocycles. The van der Waals surface area contributed by atoms with Crippen LogP contribution in [0.3, 0.4) is 0 Å². The van der Waals surface area contributed by atoms with E-state index in [2.05, 4.69) is 5.32 Å². The monoisotopic (exact) mass is 259 g/mol. The van der Waals surface area contributed by atoms with E-state index in [4.69, 9.17) is 9.47 Å². The summed E-state index contributed by atoms with van der Waals surface area (Å²) in [6, 6.07) is 0. The summed E-state index contributed by atoms with van der Waals surface area (Å²) >= 11 is 0. The van der Waals surface area contributed by atoms with Crippen molar-refractivity contribution in [1.29, 1.82) is 0 Å². The molecule has 0 spiro atoms. The predicted octanol–water partition coefficient (Wildman–Crippen LogP) is 2.37. The molecule has 0 aliphatic heterocycles. The van der Waals surface area contributed by atoms with Crippen LogP contribution < -0.4 is 5.32 Å². The largest absolute Gasteiger partial charge is 0.376 e. The summed E-state index contributed by atoms with van der Waals surface area (Å²) in [5.74, 6) is 0.0319. The third-order valence-corrected chi connectivity index (χ3v) is 2.25. The molecular weight excluding hydrogens is 230 g/mol. The quantitative estimate of drug-likeness (QED) is 0.763. The molecule has 1 unspecified atom stereocenters. The van der Waals surface area contributed by atoms with Gasteiger partial charge in [-0.3, -0.25) is 4.79 Å². The molecule has 4 nitrogen and oxygen atoms in total. The molecule has 0 aromatic rings. The first-order valence-electron chi connectivity index (χ1n) is 6.68. The molecule has 0 heterocycles. The van der Waals surface area contributed by atoms with E-state index in [0.717, 1.165) is 0 Å². The van der Waals surface area contributed by atoms with Crippen LogP contribution in [-0.2, 0) is 14.3 Å². The Kier molecular flexibility index (Phi) is 7.48. The molecule has 4 heteroatoms. The van der Waals surface area contributed by atoms with Crippen molar-refractivity contribution in [3.63, 3.8) is 0 Å². The first-order chi connectivity index (χ1) is 8.12. The van der Waals surface area contributed by atoms with Gasteiger partial charge in [0.2, 0.25) is 5.91 Å². The van der Waals surface area contributed by atoms with Crippen molar-refractivity contribution >= 4 is 5.91 Å². The molecule has 0 fully saturated rings. The number of nitrogens with one attached hydrogen (secondary N) is 1. The molecule has 0 saturated carbocycles. The van der Waals surface area contributed by atoms with E-state index in [9.17, 15) is 4.79 Å². The minimum atomic E-state index is -0.374. The molecule has 1 N–H and O–H groups in total. The third-order valence-electron chi connectivity index (χ3n) is 2.25. The zero-order valence-corrected chi connectivity index (χ0v) is 12.9. The Hall–Kier alpha value is -0.610. The highest BCUT2D eigenvalue weighted by Gasteiger charge is 2.22. The summed E-state index contributed by atoms with van der Waals surface area (Å²) < 4.78 is 11.3. The Balaban J connectivity index is 4.19. The van der Waals surface area contributed by atoms with Crippen molar-refractivity contribution in [3.05, 3.63) is 0 Å². The van der Waals surface area contributed by atoms with Crippen molar-refractivity contribution in [2.75, 3.05) is 13.2 Å². The maximum Gasteiger partial charge on any atom is 0.225 e. The average molecular weight is 259 g/mol. The van der Waals surface area contributed by atoms with Crippen LogP contribution in [0.25, 0.3) is 0 Å². The molecule has 18 heavy (non-hydrogen) atoms. The Bertz CT molecular complexity index is 244. The summed E-state index contributed by atoms with van der Waals surface area (Å²) in [5.41, 5.74) is -0.374. The van der Waals surface area contributed by atoms with Crippen LogP contribution in [0, 0.1) is 5.41 Å². The second-order valence-electron chi connectivity index (χ2n) is 6.15. The van der Waals surface area contributed by atoms with Crippen LogP contribution in [0.15, 0.2) is 0 Å². The van der Waals surface area contributed by atoms with E-state index in [-0.39, 0.29) is 29.6 Å². The fraction of sp³-hybridized carbons (Fsp3) is 0.929. The Morgan fingerprint density at radius 2 is 1.67 bits per heavy atom. The van der Waals surface area contributed by atoms with Gasteiger partial charge < -0.3 is 14.8 Å². The van der Waals surface area contributed by atoms with E-state index >= 15 is 0 Å². The topological polar surface area (TPSA) is 47.6 Å². The Morgan fingerprint density at radius 3 is 2.06 bits per heavy atom. The van der Waals surface area contributed by atoms with Crippen LogP contribution in [0.1, 0.15) is 48.5 Å².